The van der Waals surface area contributed by atoms with Gasteiger partial charge < -0.3 is 25.4 Å². The van der Waals surface area contributed by atoms with Crippen LogP contribution in [0.3, 0.4) is 0 Å². The van der Waals surface area contributed by atoms with Crippen molar-refractivity contribution in [2.45, 2.75) is 57.0 Å². The fourth-order valence-electron chi connectivity index (χ4n) is 9.56. The van der Waals surface area contributed by atoms with Crippen LogP contribution >= 0.6 is 0 Å². The number of benzene rings is 6. The molecule has 6 aromatic carbocycles. The summed E-state index contributed by atoms with van der Waals surface area (Å²) in [6.45, 7) is 1.99. The lowest BCUT2D eigenvalue weighted by atomic mass is 9.96. The molecule has 2 aliphatic rings. The van der Waals surface area contributed by atoms with E-state index in [9.17, 15) is 0 Å². The van der Waals surface area contributed by atoms with E-state index in [1.54, 1.807) is 20.4 Å². The predicted octanol–water partition coefficient (Wildman–Crippen LogP) is 11.2. The number of anilines is 2. The molecular formula is C55H53N11O2. The van der Waals surface area contributed by atoms with E-state index in [1.807, 2.05) is 54.7 Å². The number of piperidine rings is 1. The molecule has 0 bridgehead atoms. The third-order valence-corrected chi connectivity index (χ3v) is 13.0. The normalized spacial score (nSPS) is 15.3. The molecule has 340 valence electrons. The minimum Gasteiger partial charge on any atom is -0.497 e. The van der Waals surface area contributed by atoms with Crippen molar-refractivity contribution in [3.8, 4) is 45.9 Å². The molecule has 0 amide bonds. The maximum Gasteiger partial charge on any atom is 0.224 e. The van der Waals surface area contributed by atoms with Gasteiger partial charge in [0.15, 0.2) is 0 Å². The zero-order valence-electron chi connectivity index (χ0n) is 38.3. The Labute approximate surface area is 394 Å². The lowest BCUT2D eigenvalue weighted by Crippen LogP contribution is -2.38. The van der Waals surface area contributed by atoms with Crippen LogP contribution in [-0.4, -0.2) is 78.4 Å². The predicted molar refractivity (Wildman–Crippen MR) is 272 cm³/mol. The minimum absolute atomic E-state index is 0.327. The number of fused-ring (bicyclic) bond motifs is 4. The lowest BCUT2D eigenvalue weighted by Gasteiger charge is -2.23. The molecule has 13 heteroatoms. The van der Waals surface area contributed by atoms with Crippen LogP contribution in [0.5, 0.6) is 11.5 Å². The first kappa shape index (κ1) is 42.7. The Bertz CT molecular complexity index is 3160. The van der Waals surface area contributed by atoms with Gasteiger partial charge in [-0.05, 0) is 102 Å². The van der Waals surface area contributed by atoms with Crippen molar-refractivity contribution in [1.29, 1.82) is 0 Å². The summed E-state index contributed by atoms with van der Waals surface area (Å²) in [6.07, 6.45) is 12.1. The number of imidazole rings is 2. The maximum atomic E-state index is 5.46. The van der Waals surface area contributed by atoms with Crippen LogP contribution < -0.4 is 25.4 Å². The third-order valence-electron chi connectivity index (χ3n) is 13.0. The quantitative estimate of drug-likeness (QED) is 0.121. The highest BCUT2D eigenvalue weighted by molar-refractivity contribution is 5.91. The second-order valence-corrected chi connectivity index (χ2v) is 17.5. The summed E-state index contributed by atoms with van der Waals surface area (Å²) < 4.78 is 15.1. The number of ether oxygens (including phenoxy) is 2. The molecule has 12 rings (SSSR count). The van der Waals surface area contributed by atoms with Gasteiger partial charge in [0.25, 0.3) is 0 Å². The van der Waals surface area contributed by atoms with Crippen molar-refractivity contribution in [3.05, 3.63) is 146 Å². The first-order valence-electron chi connectivity index (χ1n) is 23.6. The second-order valence-electron chi connectivity index (χ2n) is 17.5. The van der Waals surface area contributed by atoms with Crippen molar-refractivity contribution in [2.24, 2.45) is 0 Å². The minimum atomic E-state index is 0.327. The highest BCUT2D eigenvalue weighted by Crippen LogP contribution is 2.34. The fourth-order valence-corrected chi connectivity index (χ4v) is 9.56. The molecule has 1 saturated heterocycles. The summed E-state index contributed by atoms with van der Waals surface area (Å²) in [5, 5.41) is 15.2. The van der Waals surface area contributed by atoms with Gasteiger partial charge in [-0.25, -0.2) is 19.9 Å². The zero-order valence-corrected chi connectivity index (χ0v) is 38.3. The maximum absolute atomic E-state index is 5.46. The third kappa shape index (κ3) is 8.87. The van der Waals surface area contributed by atoms with E-state index in [-0.39, 0.29) is 0 Å². The van der Waals surface area contributed by atoms with E-state index < -0.39 is 0 Å². The van der Waals surface area contributed by atoms with Crippen LogP contribution in [0, 0.1) is 0 Å². The molecule has 0 unspecified atom stereocenters. The molecule has 0 spiro atoms. The summed E-state index contributed by atoms with van der Waals surface area (Å²) in [5.41, 5.74) is 5.72. The Hall–Kier alpha value is -7.90. The Balaban J connectivity index is 0.000000149. The van der Waals surface area contributed by atoms with Gasteiger partial charge in [0.05, 0.1) is 36.3 Å². The summed E-state index contributed by atoms with van der Waals surface area (Å²) in [4.78, 5) is 28.9. The average molecular weight is 900 g/mol. The van der Waals surface area contributed by atoms with E-state index in [2.05, 4.69) is 120 Å². The fraction of sp³-hybridized carbons (Fsp3) is 0.236. The Morgan fingerprint density at radius 1 is 0.500 bits per heavy atom. The van der Waals surface area contributed by atoms with Crippen molar-refractivity contribution >= 4 is 55.5 Å². The van der Waals surface area contributed by atoms with Gasteiger partial charge in [-0.3, -0.25) is 9.13 Å². The molecule has 3 N–H and O–H groups in total. The van der Waals surface area contributed by atoms with Crippen molar-refractivity contribution < 1.29 is 9.47 Å². The molecule has 68 heavy (non-hydrogen) atoms. The van der Waals surface area contributed by atoms with Crippen LogP contribution in [0.1, 0.15) is 44.9 Å². The van der Waals surface area contributed by atoms with Gasteiger partial charge in [0.1, 0.15) is 34.8 Å². The molecule has 2 fully saturated rings. The second kappa shape index (κ2) is 19.1. The molecular weight excluding hydrogens is 847 g/mol. The van der Waals surface area contributed by atoms with Gasteiger partial charge in [0.2, 0.25) is 11.9 Å². The number of methoxy groups -OCH3 is 2. The summed E-state index contributed by atoms with van der Waals surface area (Å²) >= 11 is 0. The zero-order chi connectivity index (χ0) is 45.8. The van der Waals surface area contributed by atoms with Crippen LogP contribution in [0.15, 0.2) is 146 Å². The number of nitrogens with one attached hydrogen (secondary N) is 3. The molecule has 0 radical (unpaired) electrons. The number of hydrogen-bond acceptors (Lipinski definition) is 11. The first-order chi connectivity index (χ1) is 33.6. The molecule has 1 saturated carbocycles. The number of hydrogen-bond donors (Lipinski definition) is 3. The molecule has 1 aliphatic heterocycles. The summed E-state index contributed by atoms with van der Waals surface area (Å²) in [5.74, 6) is 6.10. The topological polar surface area (TPSA) is 142 Å². The van der Waals surface area contributed by atoms with Crippen molar-refractivity contribution in [2.75, 3.05) is 37.9 Å². The lowest BCUT2D eigenvalue weighted by molar-refractivity contribution is 0.415. The van der Waals surface area contributed by atoms with Crippen LogP contribution in [0.4, 0.5) is 11.9 Å². The SMILES string of the molecule is COc1ccc2c(c1)nc(-c1ccc3ccccc3c1)n2-c1ccnc(NC2CCCCC2)n1.COc1ccc2c(c1)nc(-c1ccc3ccccc3c1)n2-c1ccnc(N[C@H]2CCCNC2)n1. The largest absolute Gasteiger partial charge is 0.497 e. The molecule has 4 aromatic heterocycles. The molecule has 1 atom stereocenters. The molecule has 1 aliphatic carbocycles. The number of aromatic nitrogens is 8. The Morgan fingerprint density at radius 2 is 1.00 bits per heavy atom. The summed E-state index contributed by atoms with van der Waals surface area (Å²) in [6, 6.07) is 46.2. The van der Waals surface area contributed by atoms with Gasteiger partial charge >= 0.3 is 0 Å². The Morgan fingerprint density at radius 3 is 1.50 bits per heavy atom. The smallest absolute Gasteiger partial charge is 0.224 e. The molecule has 10 aromatic rings. The standard InChI is InChI=1S/C28H27N5O.C27H26N6O/c1-34-23-13-14-25-24(18-23)31-27(21-12-11-19-7-5-6-8-20(19)17-21)33(25)26-15-16-29-28(32-26)30-22-9-3-2-4-10-22;1-34-22-10-11-24-23(16-22)31-26(20-9-8-18-5-2-3-6-19(18)15-20)33(24)25-12-14-29-27(32-25)30-21-7-4-13-28-17-21/h5-8,11-18,22H,2-4,9-10H2,1H3,(H,29,30,32);2-3,5-6,8-12,14-16,21,28H,4,7,13,17H2,1H3,(H,29,30,32)/t;21-/m.0/s1. The average Bonchev–Trinajstić information content (AvgIpc) is 3.98. The van der Waals surface area contributed by atoms with Crippen LogP contribution in [0.25, 0.3) is 78.0 Å². The van der Waals surface area contributed by atoms with Crippen molar-refractivity contribution in [1.82, 2.24) is 44.4 Å². The van der Waals surface area contributed by atoms with Gasteiger partial charge in [0, 0.05) is 54.3 Å². The van der Waals surface area contributed by atoms with Gasteiger partial charge in [-0.1, -0.05) is 92.1 Å². The number of rotatable bonds is 10. The van der Waals surface area contributed by atoms with Crippen molar-refractivity contribution in [3.63, 3.8) is 0 Å². The van der Waals surface area contributed by atoms with E-state index in [0.29, 0.717) is 24.0 Å². The van der Waals surface area contributed by atoms with E-state index in [1.165, 1.54) is 53.6 Å². The molecule has 13 nitrogen and oxygen atoms in total. The van der Waals surface area contributed by atoms with Crippen LogP contribution in [0.2, 0.25) is 0 Å². The summed E-state index contributed by atoms with van der Waals surface area (Å²) in [7, 11) is 3.35. The van der Waals surface area contributed by atoms with E-state index in [0.717, 1.165) is 93.9 Å². The van der Waals surface area contributed by atoms with Gasteiger partial charge in [-0.15, -0.1) is 0 Å². The highest BCUT2D eigenvalue weighted by Gasteiger charge is 2.21. The van der Waals surface area contributed by atoms with E-state index in [4.69, 9.17) is 29.4 Å². The van der Waals surface area contributed by atoms with E-state index >= 15 is 0 Å². The van der Waals surface area contributed by atoms with Crippen LogP contribution in [-0.2, 0) is 0 Å². The van der Waals surface area contributed by atoms with Gasteiger partial charge in [-0.2, -0.15) is 9.97 Å². The first-order valence-corrected chi connectivity index (χ1v) is 23.6. The Kier molecular flexibility index (Phi) is 12.0. The highest BCUT2D eigenvalue weighted by atomic mass is 16.5. The number of nitrogens with zero attached hydrogens (tertiary/aromatic N) is 8. The monoisotopic (exact) mass is 899 g/mol. The molecule has 5 heterocycles.